The minimum atomic E-state index is -0.152. The van der Waals surface area contributed by atoms with Crippen molar-refractivity contribution in [3.8, 4) is 67.3 Å². The van der Waals surface area contributed by atoms with E-state index in [2.05, 4.69) is 166 Å². The van der Waals surface area contributed by atoms with Crippen LogP contribution in [0.15, 0.2) is 199 Å². The number of rotatable bonds is 5. The molecule has 2 aromatic heterocycles. The lowest BCUT2D eigenvalue weighted by atomic mass is 9.78. The summed E-state index contributed by atoms with van der Waals surface area (Å²) in [5.74, 6) is 0.683. The third-order valence-corrected chi connectivity index (χ3v) is 12.7. The summed E-state index contributed by atoms with van der Waals surface area (Å²) in [5.41, 5.74) is 16.6. The van der Waals surface area contributed by atoms with Crippen molar-refractivity contribution in [3.05, 3.63) is 205 Å². The van der Waals surface area contributed by atoms with Crippen molar-refractivity contribution in [1.82, 2.24) is 9.97 Å². The maximum Gasteiger partial charge on any atom is 0.160 e. The zero-order valence-electron chi connectivity index (χ0n) is 33.3. The van der Waals surface area contributed by atoms with Crippen LogP contribution in [-0.2, 0) is 5.41 Å². The molecule has 11 aromatic rings. The first-order valence-corrected chi connectivity index (χ1v) is 20.6. The summed E-state index contributed by atoms with van der Waals surface area (Å²) in [6.07, 6.45) is 0. The molecule has 0 fully saturated rings. The molecule has 1 aliphatic carbocycles. The first kappa shape index (κ1) is 34.4. The second kappa shape index (κ2) is 13.2. The number of fused-ring (bicyclic) bond motifs is 8. The number of furan rings is 1. The summed E-state index contributed by atoms with van der Waals surface area (Å²) in [4.78, 5) is 10.5. The van der Waals surface area contributed by atoms with E-state index in [4.69, 9.17) is 14.4 Å². The zero-order valence-corrected chi connectivity index (χ0v) is 33.3. The van der Waals surface area contributed by atoms with Crippen LogP contribution >= 0.6 is 0 Å². The summed E-state index contributed by atoms with van der Waals surface area (Å²) < 4.78 is 6.31. The van der Waals surface area contributed by atoms with Crippen molar-refractivity contribution in [2.75, 3.05) is 0 Å². The largest absolute Gasteiger partial charge is 0.456 e. The second-order valence-corrected chi connectivity index (χ2v) is 16.5. The van der Waals surface area contributed by atoms with E-state index < -0.39 is 0 Å². The van der Waals surface area contributed by atoms with Gasteiger partial charge in [0.05, 0.1) is 11.4 Å². The topological polar surface area (TPSA) is 38.9 Å². The van der Waals surface area contributed by atoms with Gasteiger partial charge in [-0.05, 0) is 102 Å². The molecule has 3 nitrogen and oxygen atoms in total. The fourth-order valence-corrected chi connectivity index (χ4v) is 9.86. The van der Waals surface area contributed by atoms with Crippen LogP contribution in [0.5, 0.6) is 0 Å². The number of aromatic nitrogens is 2. The molecule has 60 heavy (non-hydrogen) atoms. The van der Waals surface area contributed by atoms with E-state index in [0.29, 0.717) is 5.82 Å². The Labute approximate surface area is 348 Å². The predicted molar refractivity (Wildman–Crippen MR) is 249 cm³/mol. The Morgan fingerprint density at radius 3 is 1.77 bits per heavy atom. The van der Waals surface area contributed by atoms with Crippen LogP contribution < -0.4 is 0 Å². The zero-order chi connectivity index (χ0) is 40.0. The Morgan fingerprint density at radius 2 is 0.950 bits per heavy atom. The number of hydrogen-bond donors (Lipinski definition) is 0. The van der Waals surface area contributed by atoms with Gasteiger partial charge in [0, 0.05) is 32.9 Å². The van der Waals surface area contributed by atoms with Crippen molar-refractivity contribution < 1.29 is 4.42 Å². The molecule has 1 aliphatic rings. The molecule has 0 radical (unpaired) electrons. The van der Waals surface area contributed by atoms with Gasteiger partial charge in [-0.2, -0.15) is 0 Å². The van der Waals surface area contributed by atoms with Crippen molar-refractivity contribution in [2.24, 2.45) is 0 Å². The van der Waals surface area contributed by atoms with Gasteiger partial charge in [0.25, 0.3) is 0 Å². The minimum absolute atomic E-state index is 0.152. The average molecular weight is 767 g/mol. The van der Waals surface area contributed by atoms with E-state index in [1.165, 1.54) is 60.7 Å². The Balaban J connectivity index is 1.01. The van der Waals surface area contributed by atoms with Gasteiger partial charge in [0.1, 0.15) is 11.2 Å². The first-order chi connectivity index (χ1) is 29.5. The summed E-state index contributed by atoms with van der Waals surface area (Å²) in [7, 11) is 0. The molecule has 0 saturated carbocycles. The third kappa shape index (κ3) is 5.29. The molecule has 282 valence electrons. The maximum atomic E-state index is 6.31. The van der Waals surface area contributed by atoms with Crippen LogP contribution in [0, 0.1) is 0 Å². The Bertz CT molecular complexity index is 3520. The van der Waals surface area contributed by atoms with Gasteiger partial charge in [-0.1, -0.05) is 172 Å². The summed E-state index contributed by atoms with van der Waals surface area (Å²) in [6, 6.07) is 69.5. The highest BCUT2D eigenvalue weighted by atomic mass is 16.3. The lowest BCUT2D eigenvalue weighted by Gasteiger charge is -2.25. The molecule has 0 bridgehead atoms. The van der Waals surface area contributed by atoms with Crippen LogP contribution in [0.3, 0.4) is 0 Å². The Kier molecular flexibility index (Phi) is 7.58. The molecule has 0 amide bonds. The van der Waals surface area contributed by atoms with E-state index in [-0.39, 0.29) is 5.41 Å². The van der Waals surface area contributed by atoms with E-state index in [9.17, 15) is 0 Å². The monoisotopic (exact) mass is 766 g/mol. The van der Waals surface area contributed by atoms with Crippen LogP contribution in [0.25, 0.3) is 111 Å². The molecule has 0 saturated heterocycles. The molecule has 3 heteroatoms. The highest BCUT2D eigenvalue weighted by molar-refractivity contribution is 6.12. The molecular formula is C57H38N2O. The summed E-state index contributed by atoms with van der Waals surface area (Å²) >= 11 is 0. The van der Waals surface area contributed by atoms with Gasteiger partial charge >= 0.3 is 0 Å². The van der Waals surface area contributed by atoms with Crippen molar-refractivity contribution in [3.63, 3.8) is 0 Å². The fourth-order valence-electron chi connectivity index (χ4n) is 9.86. The van der Waals surface area contributed by atoms with Gasteiger partial charge in [-0.25, -0.2) is 9.97 Å². The smallest absolute Gasteiger partial charge is 0.160 e. The highest BCUT2D eigenvalue weighted by Crippen LogP contribution is 2.53. The Morgan fingerprint density at radius 1 is 0.383 bits per heavy atom. The van der Waals surface area contributed by atoms with E-state index >= 15 is 0 Å². The predicted octanol–water partition coefficient (Wildman–Crippen LogP) is 15.3. The average Bonchev–Trinajstić information content (AvgIpc) is 3.79. The van der Waals surface area contributed by atoms with Gasteiger partial charge in [-0.3, -0.25) is 0 Å². The maximum absolute atomic E-state index is 6.31. The molecule has 9 aromatic carbocycles. The third-order valence-electron chi connectivity index (χ3n) is 12.7. The van der Waals surface area contributed by atoms with Crippen LogP contribution in [0.4, 0.5) is 0 Å². The quantitative estimate of drug-likeness (QED) is 0.175. The van der Waals surface area contributed by atoms with Crippen LogP contribution in [0.1, 0.15) is 25.0 Å². The summed E-state index contributed by atoms with van der Waals surface area (Å²) in [6.45, 7) is 4.76. The highest BCUT2D eigenvalue weighted by Gasteiger charge is 2.38. The molecule has 0 N–H and O–H groups in total. The first-order valence-electron chi connectivity index (χ1n) is 20.6. The van der Waals surface area contributed by atoms with Crippen molar-refractivity contribution in [1.29, 1.82) is 0 Å². The Hall–Kier alpha value is -7.62. The number of nitrogens with zero attached hydrogens (tertiary/aromatic N) is 2. The molecule has 0 atom stereocenters. The fraction of sp³-hybridized carbons (Fsp3) is 0.0526. The molecule has 0 unspecified atom stereocenters. The van der Waals surface area contributed by atoms with E-state index in [0.717, 1.165) is 55.4 Å². The lowest BCUT2D eigenvalue weighted by molar-refractivity contribution is 0.663. The number of para-hydroxylation sites is 1. The van der Waals surface area contributed by atoms with Gasteiger partial charge < -0.3 is 4.42 Å². The molecule has 0 spiro atoms. The molecule has 12 rings (SSSR count). The normalized spacial score (nSPS) is 13.0. The van der Waals surface area contributed by atoms with E-state index in [1.807, 2.05) is 42.5 Å². The molecular weight excluding hydrogens is 729 g/mol. The minimum Gasteiger partial charge on any atom is -0.456 e. The standard InChI is InChI=1S/C57H38N2O/c1-57(2)49-33-37-18-7-6-17-36(37)32-48(49)45-25-13-24-41(55(45)57)39-20-12-19-38(31-39)40-29-30-44(43-22-9-8-21-42(40)43)50-34-51(59-56(58-50)35-15-4-3-5-16-35)46-26-14-28-53-54(46)47-23-10-11-27-52(47)60-53/h3-34H,1-2H3. The molecule has 0 aliphatic heterocycles. The number of benzene rings is 9. The van der Waals surface area contributed by atoms with Gasteiger partial charge in [0.2, 0.25) is 0 Å². The van der Waals surface area contributed by atoms with Crippen LogP contribution in [-0.4, -0.2) is 9.97 Å². The van der Waals surface area contributed by atoms with Gasteiger partial charge in [-0.15, -0.1) is 0 Å². The summed E-state index contributed by atoms with van der Waals surface area (Å²) in [5, 5.41) is 7.01. The lowest BCUT2D eigenvalue weighted by Crippen LogP contribution is -2.16. The van der Waals surface area contributed by atoms with E-state index in [1.54, 1.807) is 0 Å². The SMILES string of the molecule is CC1(C)c2cc3ccccc3cc2-c2cccc(-c3cccc(-c4ccc(-c5cc(-c6cccc7oc8ccccc8c67)nc(-c6ccccc6)n5)c5ccccc45)c3)c21. The van der Waals surface area contributed by atoms with Crippen molar-refractivity contribution >= 4 is 43.5 Å². The molecule has 2 heterocycles. The second-order valence-electron chi connectivity index (χ2n) is 16.5. The van der Waals surface area contributed by atoms with Crippen LogP contribution in [0.2, 0.25) is 0 Å². The van der Waals surface area contributed by atoms with Gasteiger partial charge in [0.15, 0.2) is 5.82 Å². The van der Waals surface area contributed by atoms with Crippen molar-refractivity contribution in [2.45, 2.75) is 19.3 Å². The number of hydrogen-bond acceptors (Lipinski definition) is 3.